The van der Waals surface area contributed by atoms with Gasteiger partial charge < -0.3 is 14.2 Å². The summed E-state index contributed by atoms with van der Waals surface area (Å²) in [6, 6.07) is 10.2. The predicted molar refractivity (Wildman–Crippen MR) is 80.0 cm³/mol. The van der Waals surface area contributed by atoms with Gasteiger partial charge in [-0.25, -0.2) is 4.79 Å². The largest absolute Gasteiger partial charge is 0.460 e. The minimum absolute atomic E-state index is 0.245. The van der Waals surface area contributed by atoms with Crippen LogP contribution in [-0.4, -0.2) is 44.8 Å². The Kier molecular flexibility index (Phi) is 9.65. The number of ether oxygens (including phenoxy) is 3. The Bertz CT molecular complexity index is 381. The van der Waals surface area contributed by atoms with Gasteiger partial charge in [0.25, 0.3) is 0 Å². The Hall–Kier alpha value is -1.30. The molecule has 1 rings (SSSR count). The van der Waals surface area contributed by atoms with E-state index in [0.29, 0.717) is 26.4 Å². The van der Waals surface area contributed by atoms with E-state index in [9.17, 15) is 4.79 Å². The fraction of sp³-hybridized carbons (Fsp3) is 0.400. The smallest absolute Gasteiger partial charge is 0.330 e. The van der Waals surface area contributed by atoms with Crippen LogP contribution in [0.1, 0.15) is 0 Å². The summed E-state index contributed by atoms with van der Waals surface area (Å²) in [5, 5.41) is 0. The number of benzene rings is 1. The molecule has 0 bridgehead atoms. The summed E-state index contributed by atoms with van der Waals surface area (Å²) in [5.41, 5.74) is 0. The first kappa shape index (κ1) is 16.8. The molecule has 20 heavy (non-hydrogen) atoms. The van der Waals surface area contributed by atoms with E-state index >= 15 is 0 Å². The van der Waals surface area contributed by atoms with Gasteiger partial charge in [-0.3, -0.25) is 0 Å². The Labute approximate surface area is 124 Å². The third kappa shape index (κ3) is 8.74. The van der Waals surface area contributed by atoms with Crippen molar-refractivity contribution in [1.29, 1.82) is 0 Å². The van der Waals surface area contributed by atoms with E-state index < -0.39 is 5.97 Å². The van der Waals surface area contributed by atoms with Gasteiger partial charge in [-0.2, -0.15) is 0 Å². The van der Waals surface area contributed by atoms with Gasteiger partial charge in [-0.1, -0.05) is 24.8 Å². The first-order chi connectivity index (χ1) is 9.83. The van der Waals surface area contributed by atoms with Crippen LogP contribution in [0, 0.1) is 0 Å². The van der Waals surface area contributed by atoms with Gasteiger partial charge in [0.15, 0.2) is 0 Å². The molecule has 0 aliphatic heterocycles. The fourth-order valence-electron chi connectivity index (χ4n) is 1.32. The lowest BCUT2D eigenvalue weighted by Crippen LogP contribution is -2.12. The Morgan fingerprint density at radius 2 is 1.70 bits per heavy atom. The van der Waals surface area contributed by atoms with Crippen molar-refractivity contribution in [3.8, 4) is 0 Å². The molecular weight excluding hydrogens is 276 g/mol. The topological polar surface area (TPSA) is 44.8 Å². The average Bonchev–Trinajstić information content (AvgIpc) is 2.50. The lowest BCUT2D eigenvalue weighted by Gasteiger charge is -2.06. The van der Waals surface area contributed by atoms with Crippen molar-refractivity contribution in [2.24, 2.45) is 0 Å². The normalized spacial score (nSPS) is 10.2. The van der Waals surface area contributed by atoms with E-state index in [1.807, 2.05) is 18.2 Å². The van der Waals surface area contributed by atoms with Crippen molar-refractivity contribution in [2.45, 2.75) is 4.90 Å². The molecule has 0 aliphatic carbocycles. The Morgan fingerprint density at radius 1 is 1.05 bits per heavy atom. The molecule has 0 spiro atoms. The maximum absolute atomic E-state index is 10.7. The highest BCUT2D eigenvalue weighted by Crippen LogP contribution is 2.16. The van der Waals surface area contributed by atoms with Gasteiger partial charge in [-0.05, 0) is 12.1 Å². The van der Waals surface area contributed by atoms with Gasteiger partial charge in [0.05, 0.1) is 26.4 Å². The molecule has 0 saturated heterocycles. The quantitative estimate of drug-likeness (QED) is 0.272. The van der Waals surface area contributed by atoms with Crippen LogP contribution < -0.4 is 0 Å². The first-order valence-corrected chi connectivity index (χ1v) is 7.44. The van der Waals surface area contributed by atoms with Gasteiger partial charge in [0.2, 0.25) is 0 Å². The Morgan fingerprint density at radius 3 is 2.40 bits per heavy atom. The maximum Gasteiger partial charge on any atom is 0.330 e. The summed E-state index contributed by atoms with van der Waals surface area (Å²) in [5.74, 6) is 0.490. The molecule has 0 aliphatic rings. The molecule has 0 aromatic heterocycles. The zero-order valence-corrected chi connectivity index (χ0v) is 12.3. The lowest BCUT2D eigenvalue weighted by molar-refractivity contribution is -0.139. The van der Waals surface area contributed by atoms with E-state index in [2.05, 4.69) is 18.7 Å². The van der Waals surface area contributed by atoms with E-state index in [1.54, 1.807) is 11.8 Å². The van der Waals surface area contributed by atoms with E-state index in [1.165, 1.54) is 4.90 Å². The first-order valence-electron chi connectivity index (χ1n) is 6.45. The molecule has 0 radical (unpaired) electrons. The zero-order chi connectivity index (χ0) is 14.5. The average molecular weight is 296 g/mol. The van der Waals surface area contributed by atoms with Crippen LogP contribution in [0.3, 0.4) is 0 Å². The lowest BCUT2D eigenvalue weighted by atomic mass is 10.4. The van der Waals surface area contributed by atoms with Crippen molar-refractivity contribution >= 4 is 17.7 Å². The summed E-state index contributed by atoms with van der Waals surface area (Å²) < 4.78 is 15.4. The van der Waals surface area contributed by atoms with Crippen molar-refractivity contribution in [3.05, 3.63) is 43.0 Å². The van der Waals surface area contributed by atoms with Gasteiger partial charge >= 0.3 is 5.97 Å². The summed E-state index contributed by atoms with van der Waals surface area (Å²) in [4.78, 5) is 12.0. The number of rotatable bonds is 11. The number of carbonyl (C=O) groups is 1. The van der Waals surface area contributed by atoms with Gasteiger partial charge in [0.1, 0.15) is 6.61 Å². The zero-order valence-electron chi connectivity index (χ0n) is 11.5. The number of thioether (sulfide) groups is 1. The summed E-state index contributed by atoms with van der Waals surface area (Å²) >= 11 is 1.77. The molecule has 0 saturated carbocycles. The molecule has 5 heteroatoms. The highest BCUT2D eigenvalue weighted by Gasteiger charge is 1.96. The predicted octanol–water partition coefficient (Wildman–Crippen LogP) is 2.54. The van der Waals surface area contributed by atoms with Crippen molar-refractivity contribution in [2.75, 3.05) is 38.8 Å². The molecule has 0 fully saturated rings. The molecule has 1 aromatic carbocycles. The molecular formula is C15H20O4S. The molecule has 110 valence electrons. The number of hydrogen-bond acceptors (Lipinski definition) is 5. The summed E-state index contributed by atoms with van der Waals surface area (Å²) in [7, 11) is 0. The summed E-state index contributed by atoms with van der Waals surface area (Å²) in [6.45, 7) is 5.66. The highest BCUT2D eigenvalue weighted by molar-refractivity contribution is 7.99. The molecule has 1 aromatic rings. The highest BCUT2D eigenvalue weighted by atomic mass is 32.2. The second-order valence-corrected chi connectivity index (χ2v) is 4.93. The van der Waals surface area contributed by atoms with Crippen LogP contribution in [0.4, 0.5) is 0 Å². The van der Waals surface area contributed by atoms with Crippen LogP contribution in [-0.2, 0) is 19.0 Å². The monoisotopic (exact) mass is 296 g/mol. The van der Waals surface area contributed by atoms with E-state index in [4.69, 9.17) is 14.2 Å². The van der Waals surface area contributed by atoms with Crippen LogP contribution in [0.25, 0.3) is 0 Å². The molecule has 0 amide bonds. The standard InChI is InChI=1S/C15H20O4S/c1-2-15(16)19-11-10-17-8-9-18-12-13-20-14-6-4-3-5-7-14/h2-7H,1,8-13H2. The maximum atomic E-state index is 10.7. The van der Waals surface area contributed by atoms with Crippen LogP contribution in [0.15, 0.2) is 47.9 Å². The molecule has 0 N–H and O–H groups in total. The molecule has 0 unspecified atom stereocenters. The minimum atomic E-state index is -0.428. The number of hydrogen-bond donors (Lipinski definition) is 0. The third-order valence-corrected chi connectivity index (χ3v) is 3.23. The van der Waals surface area contributed by atoms with E-state index in [0.717, 1.165) is 11.8 Å². The minimum Gasteiger partial charge on any atom is -0.460 e. The SMILES string of the molecule is C=CC(=O)OCCOCCOCCSc1ccccc1. The number of esters is 1. The number of carbonyl (C=O) groups excluding carboxylic acids is 1. The molecule has 0 atom stereocenters. The van der Waals surface area contributed by atoms with Crippen LogP contribution in [0.5, 0.6) is 0 Å². The second kappa shape index (κ2) is 11.5. The van der Waals surface area contributed by atoms with Crippen molar-refractivity contribution in [3.63, 3.8) is 0 Å². The second-order valence-electron chi connectivity index (χ2n) is 3.76. The van der Waals surface area contributed by atoms with E-state index in [-0.39, 0.29) is 6.61 Å². The fourth-order valence-corrected chi connectivity index (χ4v) is 2.10. The van der Waals surface area contributed by atoms with Crippen LogP contribution in [0.2, 0.25) is 0 Å². The Balaban J connectivity index is 1.83. The third-order valence-electron chi connectivity index (χ3n) is 2.25. The molecule has 0 heterocycles. The van der Waals surface area contributed by atoms with Crippen molar-refractivity contribution in [1.82, 2.24) is 0 Å². The molecule has 4 nitrogen and oxygen atoms in total. The van der Waals surface area contributed by atoms with Gasteiger partial charge in [-0.15, -0.1) is 11.8 Å². The van der Waals surface area contributed by atoms with Crippen molar-refractivity contribution < 1.29 is 19.0 Å². The van der Waals surface area contributed by atoms with Gasteiger partial charge in [0, 0.05) is 16.7 Å². The van der Waals surface area contributed by atoms with Crippen LogP contribution >= 0.6 is 11.8 Å². The summed E-state index contributed by atoms with van der Waals surface area (Å²) in [6.07, 6.45) is 1.13.